The van der Waals surface area contributed by atoms with Gasteiger partial charge in [0.05, 0.1) is 25.6 Å². The summed E-state index contributed by atoms with van der Waals surface area (Å²) in [5.41, 5.74) is 0. The first kappa shape index (κ1) is 19.3. The van der Waals surface area contributed by atoms with Gasteiger partial charge in [0.2, 0.25) is 20.0 Å². The van der Waals surface area contributed by atoms with Crippen LogP contribution in [0.1, 0.15) is 0 Å². The van der Waals surface area contributed by atoms with Gasteiger partial charge in [-0.3, -0.25) is 0 Å². The van der Waals surface area contributed by atoms with Gasteiger partial charge in [0.15, 0.2) is 0 Å². The fourth-order valence-electron chi connectivity index (χ4n) is 1.83. The number of halogens is 1. The maximum Gasteiger partial charge on any atom is 0.224 e. The molecule has 1 saturated heterocycles. The number of alkyl halides is 1. The molecule has 1 heterocycles. The average molecular weight is 409 g/mol. The van der Waals surface area contributed by atoms with E-state index in [1.165, 1.54) is 8.61 Å². The van der Waals surface area contributed by atoms with Crippen molar-refractivity contribution >= 4 is 36.0 Å². The fourth-order valence-corrected chi connectivity index (χ4v) is 4.87. The van der Waals surface area contributed by atoms with E-state index in [1.807, 2.05) is 0 Å². The number of nitrogens with zero attached hydrogens (tertiary/aromatic N) is 2. The third kappa shape index (κ3) is 6.08. The van der Waals surface area contributed by atoms with Gasteiger partial charge in [-0.1, -0.05) is 15.9 Å². The highest BCUT2D eigenvalue weighted by atomic mass is 79.9. The Morgan fingerprint density at radius 3 is 1.90 bits per heavy atom. The summed E-state index contributed by atoms with van der Waals surface area (Å²) in [5, 5.41) is 0. The minimum Gasteiger partial charge on any atom is -0.382 e. The second kappa shape index (κ2) is 8.75. The van der Waals surface area contributed by atoms with Crippen LogP contribution in [0, 0.1) is 0 Å². The van der Waals surface area contributed by atoms with Gasteiger partial charge in [0.25, 0.3) is 0 Å². The first-order valence-corrected chi connectivity index (χ1v) is 10.8. The van der Waals surface area contributed by atoms with Gasteiger partial charge >= 0.3 is 0 Å². The molecule has 0 radical (unpaired) electrons. The van der Waals surface area contributed by atoms with E-state index < -0.39 is 20.0 Å². The number of ether oxygens (including phenoxy) is 2. The standard InChI is InChI=1S/C10H21BrN2O6S2/c1-18-6-7-19-8-9-20(14,15)12-2-4-13(5-3-12)21(16,17)10-11/h2-10H2,1H3. The summed E-state index contributed by atoms with van der Waals surface area (Å²) in [6.45, 7) is 1.58. The summed E-state index contributed by atoms with van der Waals surface area (Å²) in [6.07, 6.45) is 0. The molecule has 0 aromatic carbocycles. The van der Waals surface area contributed by atoms with E-state index in [2.05, 4.69) is 15.9 Å². The van der Waals surface area contributed by atoms with Crippen LogP contribution in [-0.2, 0) is 29.5 Å². The fraction of sp³-hybridized carbons (Fsp3) is 1.00. The molecule has 8 nitrogen and oxygen atoms in total. The lowest BCUT2D eigenvalue weighted by atomic mass is 10.4. The highest BCUT2D eigenvalue weighted by molar-refractivity contribution is 9.10. The van der Waals surface area contributed by atoms with Gasteiger partial charge in [-0.15, -0.1) is 0 Å². The summed E-state index contributed by atoms with van der Waals surface area (Å²) in [6, 6.07) is 0. The minimum atomic E-state index is -3.41. The normalized spacial score (nSPS) is 19.0. The van der Waals surface area contributed by atoms with Crippen molar-refractivity contribution in [2.75, 3.05) is 63.5 Å². The predicted octanol–water partition coefficient (Wildman–Crippen LogP) is -0.721. The van der Waals surface area contributed by atoms with Crippen LogP contribution < -0.4 is 0 Å². The molecule has 0 saturated carbocycles. The Hall–Kier alpha value is 0.220. The smallest absolute Gasteiger partial charge is 0.224 e. The molecule has 0 atom stereocenters. The lowest BCUT2D eigenvalue weighted by Crippen LogP contribution is -2.51. The van der Waals surface area contributed by atoms with Crippen molar-refractivity contribution in [2.24, 2.45) is 0 Å². The van der Waals surface area contributed by atoms with Gasteiger partial charge in [-0.25, -0.2) is 16.8 Å². The van der Waals surface area contributed by atoms with Crippen LogP contribution in [0.4, 0.5) is 0 Å². The molecule has 0 amide bonds. The van der Waals surface area contributed by atoms with Crippen molar-refractivity contribution < 1.29 is 26.3 Å². The van der Waals surface area contributed by atoms with Crippen molar-refractivity contribution in [3.8, 4) is 0 Å². The second-order valence-corrected chi connectivity index (χ2v) is 9.80. The van der Waals surface area contributed by atoms with E-state index >= 15 is 0 Å². The van der Waals surface area contributed by atoms with Gasteiger partial charge in [0.1, 0.15) is 4.66 Å². The molecule has 21 heavy (non-hydrogen) atoms. The number of sulfonamides is 2. The van der Waals surface area contributed by atoms with Crippen molar-refractivity contribution in [1.29, 1.82) is 0 Å². The minimum absolute atomic E-state index is 0.103. The Morgan fingerprint density at radius 2 is 1.43 bits per heavy atom. The maximum atomic E-state index is 12.1. The molecular formula is C10H21BrN2O6S2. The van der Waals surface area contributed by atoms with E-state index in [0.717, 1.165) is 0 Å². The second-order valence-electron chi connectivity index (χ2n) is 4.44. The van der Waals surface area contributed by atoms with E-state index in [0.29, 0.717) is 13.2 Å². The Labute approximate surface area is 134 Å². The van der Waals surface area contributed by atoms with E-state index in [1.54, 1.807) is 7.11 Å². The summed E-state index contributed by atoms with van der Waals surface area (Å²) in [5.74, 6) is -0.109. The zero-order valence-electron chi connectivity index (χ0n) is 11.9. The van der Waals surface area contributed by atoms with Gasteiger partial charge < -0.3 is 9.47 Å². The van der Waals surface area contributed by atoms with E-state index in [-0.39, 0.29) is 43.2 Å². The van der Waals surface area contributed by atoms with Crippen molar-refractivity contribution in [3.63, 3.8) is 0 Å². The molecule has 0 aromatic rings. The molecule has 126 valence electrons. The third-order valence-electron chi connectivity index (χ3n) is 3.04. The van der Waals surface area contributed by atoms with Gasteiger partial charge in [-0.05, 0) is 0 Å². The van der Waals surface area contributed by atoms with Crippen LogP contribution in [0.25, 0.3) is 0 Å². The third-order valence-corrected chi connectivity index (χ3v) is 8.04. The zero-order valence-corrected chi connectivity index (χ0v) is 15.1. The topological polar surface area (TPSA) is 93.2 Å². The van der Waals surface area contributed by atoms with Crippen molar-refractivity contribution in [3.05, 3.63) is 0 Å². The lowest BCUT2D eigenvalue weighted by molar-refractivity contribution is 0.0780. The van der Waals surface area contributed by atoms with Gasteiger partial charge in [0, 0.05) is 33.3 Å². The number of rotatable bonds is 9. The SMILES string of the molecule is COCCOCCS(=O)(=O)N1CCN(S(=O)(=O)CBr)CC1. The maximum absolute atomic E-state index is 12.1. The first-order valence-electron chi connectivity index (χ1n) is 6.42. The van der Waals surface area contributed by atoms with Gasteiger partial charge in [-0.2, -0.15) is 8.61 Å². The average Bonchev–Trinajstić information content (AvgIpc) is 2.47. The van der Waals surface area contributed by atoms with Crippen molar-refractivity contribution in [1.82, 2.24) is 8.61 Å². The first-order chi connectivity index (χ1) is 9.83. The van der Waals surface area contributed by atoms with E-state index in [4.69, 9.17) is 9.47 Å². The Kier molecular flexibility index (Phi) is 8.03. The molecule has 1 rings (SSSR count). The molecule has 0 unspecified atom stereocenters. The summed E-state index contributed by atoms with van der Waals surface area (Å²) in [4.78, 5) is 0. The molecule has 0 aliphatic carbocycles. The monoisotopic (exact) mass is 408 g/mol. The molecule has 1 aliphatic rings. The number of piperazine rings is 1. The lowest BCUT2D eigenvalue weighted by Gasteiger charge is -2.32. The quantitative estimate of drug-likeness (QED) is 0.369. The molecule has 1 fully saturated rings. The van der Waals surface area contributed by atoms with Crippen LogP contribution in [-0.4, -0.2) is 89.0 Å². The Balaban J connectivity index is 2.42. The van der Waals surface area contributed by atoms with Crippen LogP contribution >= 0.6 is 15.9 Å². The number of methoxy groups -OCH3 is 1. The zero-order chi connectivity index (χ0) is 15.9. The van der Waals surface area contributed by atoms with Crippen LogP contribution in [0.15, 0.2) is 0 Å². The van der Waals surface area contributed by atoms with Crippen molar-refractivity contribution in [2.45, 2.75) is 0 Å². The summed E-state index contributed by atoms with van der Waals surface area (Å²) < 4.78 is 59.9. The Bertz CT molecular complexity index is 502. The van der Waals surface area contributed by atoms with Crippen LogP contribution in [0.3, 0.4) is 0 Å². The number of hydrogen-bond donors (Lipinski definition) is 0. The highest BCUT2D eigenvalue weighted by Gasteiger charge is 2.31. The molecule has 11 heteroatoms. The predicted molar refractivity (Wildman–Crippen MR) is 82.3 cm³/mol. The van der Waals surface area contributed by atoms with Crippen LogP contribution in [0.2, 0.25) is 0 Å². The molecule has 0 spiro atoms. The summed E-state index contributed by atoms with van der Waals surface area (Å²) >= 11 is 2.93. The van der Waals surface area contributed by atoms with Crippen LogP contribution in [0.5, 0.6) is 0 Å². The number of hydrogen-bond acceptors (Lipinski definition) is 6. The summed E-state index contributed by atoms with van der Waals surface area (Å²) in [7, 11) is -5.20. The van der Waals surface area contributed by atoms with E-state index in [9.17, 15) is 16.8 Å². The Morgan fingerprint density at radius 1 is 0.905 bits per heavy atom. The molecule has 0 N–H and O–H groups in total. The largest absolute Gasteiger partial charge is 0.382 e. The molecule has 0 aromatic heterocycles. The molecular weight excluding hydrogens is 388 g/mol. The molecule has 0 bridgehead atoms. The highest BCUT2D eigenvalue weighted by Crippen LogP contribution is 2.13. The molecule has 1 aliphatic heterocycles.